The van der Waals surface area contributed by atoms with Crippen molar-refractivity contribution < 1.29 is 4.42 Å². The van der Waals surface area contributed by atoms with E-state index in [1.54, 1.807) is 0 Å². The Labute approximate surface area is 194 Å². The first kappa shape index (κ1) is 21.6. The van der Waals surface area contributed by atoms with Crippen molar-refractivity contribution in [2.45, 2.75) is 19.9 Å². The van der Waals surface area contributed by atoms with E-state index in [2.05, 4.69) is 29.0 Å². The van der Waals surface area contributed by atoms with Crippen molar-refractivity contribution in [1.29, 1.82) is 0 Å². The summed E-state index contributed by atoms with van der Waals surface area (Å²) in [5.41, 5.74) is 3.03. The number of hydrogen-bond donors (Lipinski definition) is 1. The molecule has 0 saturated carbocycles. The van der Waals surface area contributed by atoms with Crippen molar-refractivity contribution in [2.24, 2.45) is 0 Å². The van der Waals surface area contributed by atoms with Crippen LogP contribution in [0.3, 0.4) is 0 Å². The third-order valence-corrected chi connectivity index (χ3v) is 6.35. The van der Waals surface area contributed by atoms with Crippen LogP contribution in [0.2, 0.25) is 0 Å². The van der Waals surface area contributed by atoms with Gasteiger partial charge in [0.25, 0.3) is 0 Å². The molecular weight excluding hydrogens is 412 g/mol. The number of nitrogens with zero attached hydrogens (tertiary/aromatic N) is 5. The number of hydrogen-bond acceptors (Lipinski definition) is 7. The number of fused-ring (bicyclic) bond motifs is 1. The minimum absolute atomic E-state index is 0.380. The summed E-state index contributed by atoms with van der Waals surface area (Å²) in [5, 5.41) is 3.54. The monoisotopic (exact) mass is 442 g/mol. The fourth-order valence-corrected chi connectivity index (χ4v) is 4.26. The summed E-state index contributed by atoms with van der Waals surface area (Å²) in [5.74, 6) is 1.88. The van der Waals surface area contributed by atoms with Gasteiger partial charge in [0, 0.05) is 49.9 Å². The Morgan fingerprint density at radius 1 is 0.879 bits per heavy atom. The predicted octanol–water partition coefficient (Wildman–Crippen LogP) is 4.39. The van der Waals surface area contributed by atoms with E-state index >= 15 is 0 Å². The number of anilines is 1. The largest absolute Gasteiger partial charge is 0.430 e. The smallest absolute Gasteiger partial charge is 0.229 e. The zero-order valence-corrected chi connectivity index (χ0v) is 19.2. The molecule has 1 fully saturated rings. The second-order valence-electron chi connectivity index (χ2n) is 8.50. The number of nitrogens with one attached hydrogen (secondary N) is 1. The van der Waals surface area contributed by atoms with Gasteiger partial charge in [-0.25, -0.2) is 9.97 Å². The van der Waals surface area contributed by atoms with Gasteiger partial charge in [-0.05, 0) is 25.6 Å². The van der Waals surface area contributed by atoms with Crippen LogP contribution in [-0.2, 0) is 0 Å². The molecule has 3 heterocycles. The van der Waals surface area contributed by atoms with Gasteiger partial charge in [0.2, 0.25) is 17.1 Å². The standard InChI is InChI=1S/C26H30N6O/c1-3-31-14-16-32(17-15-31)19(2)18-27-24-22-25(29-23(28-24)20-10-6-4-7-11-20)30-26(33-22)21-12-8-5-9-13-21/h4-13,19H,3,14-18H2,1-2H3,(H,27,28,29). The first-order valence-corrected chi connectivity index (χ1v) is 11.7. The van der Waals surface area contributed by atoms with Crippen molar-refractivity contribution in [1.82, 2.24) is 24.8 Å². The third kappa shape index (κ3) is 4.74. The highest BCUT2D eigenvalue weighted by Gasteiger charge is 2.22. The molecule has 5 rings (SSSR count). The van der Waals surface area contributed by atoms with E-state index in [1.165, 1.54) is 0 Å². The molecule has 7 nitrogen and oxygen atoms in total. The lowest BCUT2D eigenvalue weighted by molar-refractivity contribution is 0.110. The first-order chi connectivity index (χ1) is 16.2. The molecule has 170 valence electrons. The maximum Gasteiger partial charge on any atom is 0.229 e. The quantitative estimate of drug-likeness (QED) is 0.455. The second kappa shape index (κ2) is 9.68. The van der Waals surface area contributed by atoms with Crippen LogP contribution < -0.4 is 5.32 Å². The third-order valence-electron chi connectivity index (χ3n) is 6.35. The molecule has 0 bridgehead atoms. The highest BCUT2D eigenvalue weighted by Crippen LogP contribution is 2.29. The molecule has 2 aromatic carbocycles. The summed E-state index contributed by atoms with van der Waals surface area (Å²) in [6.45, 7) is 10.8. The van der Waals surface area contributed by atoms with Crippen molar-refractivity contribution in [2.75, 3.05) is 44.6 Å². The van der Waals surface area contributed by atoms with Crippen LogP contribution in [0.1, 0.15) is 13.8 Å². The number of likely N-dealkylation sites (N-methyl/N-ethyl adjacent to an activating group) is 1. The summed E-state index contributed by atoms with van der Waals surface area (Å²) >= 11 is 0. The van der Waals surface area contributed by atoms with Crippen molar-refractivity contribution in [3.8, 4) is 22.8 Å². The van der Waals surface area contributed by atoms with Crippen LogP contribution in [-0.4, -0.2) is 70.1 Å². The van der Waals surface area contributed by atoms with Crippen molar-refractivity contribution in [3.63, 3.8) is 0 Å². The molecule has 0 amide bonds. The predicted molar refractivity (Wildman–Crippen MR) is 132 cm³/mol. The van der Waals surface area contributed by atoms with Gasteiger partial charge >= 0.3 is 0 Å². The molecule has 2 aromatic heterocycles. The lowest BCUT2D eigenvalue weighted by Gasteiger charge is -2.37. The average molecular weight is 443 g/mol. The van der Waals surface area contributed by atoms with Crippen LogP contribution in [0.25, 0.3) is 34.1 Å². The molecule has 1 unspecified atom stereocenters. The van der Waals surface area contributed by atoms with Gasteiger partial charge in [-0.2, -0.15) is 4.98 Å². The molecule has 1 aliphatic rings. The molecule has 1 N–H and O–H groups in total. The molecule has 0 aliphatic carbocycles. The normalized spacial score (nSPS) is 16.2. The molecule has 1 atom stereocenters. The molecule has 4 aromatic rings. The number of oxazole rings is 1. The fourth-order valence-electron chi connectivity index (χ4n) is 4.26. The maximum absolute atomic E-state index is 6.16. The number of rotatable bonds is 7. The number of benzene rings is 2. The minimum atomic E-state index is 0.380. The van der Waals surface area contributed by atoms with E-state index in [1.807, 2.05) is 60.7 Å². The Hall–Kier alpha value is -3.29. The van der Waals surface area contributed by atoms with Crippen LogP contribution in [0.5, 0.6) is 0 Å². The van der Waals surface area contributed by atoms with Gasteiger partial charge in [-0.1, -0.05) is 55.5 Å². The van der Waals surface area contributed by atoms with Gasteiger partial charge < -0.3 is 14.6 Å². The molecule has 0 radical (unpaired) electrons. The van der Waals surface area contributed by atoms with Gasteiger partial charge in [-0.15, -0.1) is 0 Å². The Bertz CT molecular complexity index is 1190. The summed E-state index contributed by atoms with van der Waals surface area (Å²) < 4.78 is 6.16. The lowest BCUT2D eigenvalue weighted by Crippen LogP contribution is -2.51. The highest BCUT2D eigenvalue weighted by molar-refractivity contribution is 5.84. The van der Waals surface area contributed by atoms with Crippen LogP contribution in [0.4, 0.5) is 5.82 Å². The van der Waals surface area contributed by atoms with Gasteiger partial charge in [0.15, 0.2) is 11.6 Å². The fraction of sp³-hybridized carbons (Fsp3) is 0.346. The number of piperazine rings is 1. The lowest BCUT2D eigenvalue weighted by atomic mass is 10.2. The summed E-state index contributed by atoms with van der Waals surface area (Å²) in [4.78, 5) is 19.3. The van der Waals surface area contributed by atoms with Crippen LogP contribution >= 0.6 is 0 Å². The SMILES string of the molecule is CCN1CCN(C(C)CNc2nc(-c3ccccc3)nc3nc(-c4ccccc4)oc23)CC1. The Kier molecular flexibility index (Phi) is 6.32. The minimum Gasteiger partial charge on any atom is -0.430 e. The summed E-state index contributed by atoms with van der Waals surface area (Å²) in [6.07, 6.45) is 0. The highest BCUT2D eigenvalue weighted by atomic mass is 16.3. The summed E-state index contributed by atoms with van der Waals surface area (Å²) in [6, 6.07) is 20.3. The maximum atomic E-state index is 6.16. The van der Waals surface area contributed by atoms with Crippen LogP contribution in [0, 0.1) is 0 Å². The van der Waals surface area contributed by atoms with E-state index in [0.717, 1.165) is 50.4 Å². The van der Waals surface area contributed by atoms with E-state index < -0.39 is 0 Å². The van der Waals surface area contributed by atoms with Crippen LogP contribution in [0.15, 0.2) is 65.1 Å². The van der Waals surface area contributed by atoms with Gasteiger partial charge in [-0.3, -0.25) is 4.90 Å². The van der Waals surface area contributed by atoms with Gasteiger partial charge in [0.05, 0.1) is 0 Å². The Morgan fingerprint density at radius 3 is 2.21 bits per heavy atom. The van der Waals surface area contributed by atoms with Crippen molar-refractivity contribution in [3.05, 3.63) is 60.7 Å². The summed E-state index contributed by atoms with van der Waals surface area (Å²) in [7, 11) is 0. The zero-order chi connectivity index (χ0) is 22.6. The Balaban J connectivity index is 1.43. The molecule has 1 saturated heterocycles. The molecule has 33 heavy (non-hydrogen) atoms. The molecule has 0 spiro atoms. The molecule has 7 heteroatoms. The van der Waals surface area contributed by atoms with E-state index in [9.17, 15) is 0 Å². The first-order valence-electron chi connectivity index (χ1n) is 11.7. The Morgan fingerprint density at radius 2 is 1.55 bits per heavy atom. The second-order valence-corrected chi connectivity index (χ2v) is 8.50. The van der Waals surface area contributed by atoms with Crippen molar-refractivity contribution >= 4 is 17.0 Å². The average Bonchev–Trinajstić information content (AvgIpc) is 3.33. The molecule has 1 aliphatic heterocycles. The van der Waals surface area contributed by atoms with Gasteiger partial charge in [0.1, 0.15) is 0 Å². The van der Waals surface area contributed by atoms with E-state index in [4.69, 9.17) is 19.4 Å². The molecular formula is C26H30N6O. The van der Waals surface area contributed by atoms with E-state index in [0.29, 0.717) is 34.8 Å². The number of aromatic nitrogens is 3. The topological polar surface area (TPSA) is 70.3 Å². The zero-order valence-electron chi connectivity index (χ0n) is 19.2. The van der Waals surface area contributed by atoms with E-state index in [-0.39, 0.29) is 0 Å².